The molecule has 19 nitrogen and oxygen atoms in total. The third-order valence-electron chi connectivity index (χ3n) is 6.88. The van der Waals surface area contributed by atoms with Gasteiger partial charge in [0.05, 0.1) is 19.8 Å². The van der Waals surface area contributed by atoms with E-state index in [1.165, 1.54) is 0 Å². The lowest BCUT2D eigenvalue weighted by Crippen LogP contribution is -2.62. The van der Waals surface area contributed by atoms with E-state index in [4.69, 9.17) is 38.3 Å². The van der Waals surface area contributed by atoms with E-state index in [0.29, 0.717) is 0 Å². The van der Waals surface area contributed by atoms with Gasteiger partial charge in [-0.3, -0.25) is 0 Å². The lowest BCUT2D eigenvalue weighted by atomic mass is 10.0. The van der Waals surface area contributed by atoms with Crippen LogP contribution in [-0.4, -0.2) is 188 Å². The van der Waals surface area contributed by atoms with Gasteiger partial charge in [-0.2, -0.15) is 0 Å². The van der Waals surface area contributed by atoms with Crippen molar-refractivity contribution >= 4 is 12.3 Å². The maximum Gasteiger partial charge on any atom is 0.335 e. The summed E-state index contributed by atoms with van der Waals surface area (Å²) < 4.78 is 36.5. The van der Waals surface area contributed by atoms with Crippen LogP contribution in [0.4, 0.5) is 0 Å². The van der Waals surface area contributed by atoms with Crippen LogP contribution in [-0.2, 0) is 42.7 Å². The van der Waals surface area contributed by atoms with Gasteiger partial charge in [0, 0.05) is 7.11 Å². The summed E-state index contributed by atoms with van der Waals surface area (Å²) in [6.07, 6.45) is -27.1. The van der Waals surface area contributed by atoms with Crippen molar-refractivity contribution in [2.24, 2.45) is 0 Å². The molecule has 16 atom stereocenters. The van der Waals surface area contributed by atoms with Crippen molar-refractivity contribution in [1.82, 2.24) is 0 Å². The molecule has 3 heterocycles. The van der Waals surface area contributed by atoms with Crippen molar-refractivity contribution in [2.45, 2.75) is 98.2 Å². The minimum absolute atomic E-state index is 0.0443. The Morgan fingerprint density at radius 1 is 0.756 bits per heavy atom. The summed E-state index contributed by atoms with van der Waals surface area (Å²) >= 11 is 0. The molecule has 0 bridgehead atoms. The summed E-state index contributed by atoms with van der Waals surface area (Å²) in [5, 5.41) is 100. The lowest BCUT2D eigenvalue weighted by Gasteiger charge is -2.44. The van der Waals surface area contributed by atoms with E-state index < -0.39 is 117 Å². The third kappa shape index (κ3) is 7.72. The number of aliphatic carboxylic acids is 1. The van der Waals surface area contributed by atoms with Gasteiger partial charge in [0.2, 0.25) is 0 Å². The fourth-order valence-electron chi connectivity index (χ4n) is 4.39. The van der Waals surface area contributed by atoms with Crippen LogP contribution >= 0.6 is 0 Å². The summed E-state index contributed by atoms with van der Waals surface area (Å²) in [6, 6.07) is 0. The van der Waals surface area contributed by atoms with E-state index in [9.17, 15) is 55.5 Å². The number of aliphatic hydroxyl groups excluding tert-OH is 9. The summed E-state index contributed by atoms with van der Waals surface area (Å²) in [7, 11) is 0.968. The molecule has 0 aromatic carbocycles. The Bertz CT molecular complexity index is 848. The van der Waals surface area contributed by atoms with Crippen LogP contribution in [0.3, 0.4) is 0 Å². The van der Waals surface area contributed by atoms with Crippen LogP contribution in [0.25, 0.3) is 0 Å². The number of aldehydes is 1. The molecule has 3 aliphatic heterocycles. The summed E-state index contributed by atoms with van der Waals surface area (Å²) in [5.41, 5.74) is 0. The molecule has 41 heavy (non-hydrogen) atoms. The first-order valence-corrected chi connectivity index (χ1v) is 12.5. The normalized spacial score (nSPS) is 43.1. The zero-order valence-electron chi connectivity index (χ0n) is 21.6. The minimum Gasteiger partial charge on any atom is -0.479 e. The van der Waals surface area contributed by atoms with Crippen LogP contribution in [0.2, 0.25) is 0 Å². The van der Waals surface area contributed by atoms with Gasteiger partial charge in [0.1, 0.15) is 73.2 Å². The zero-order chi connectivity index (χ0) is 30.6. The van der Waals surface area contributed by atoms with Crippen LogP contribution in [0.5, 0.6) is 0 Å². The molecule has 3 saturated heterocycles. The van der Waals surface area contributed by atoms with Gasteiger partial charge in [-0.1, -0.05) is 0 Å². The van der Waals surface area contributed by atoms with Crippen molar-refractivity contribution in [3.8, 4) is 0 Å². The number of carbonyl (C=O) groups excluding carboxylic acids is 1. The first-order chi connectivity index (χ1) is 19.3. The van der Waals surface area contributed by atoms with E-state index in [1.54, 1.807) is 0 Å². The van der Waals surface area contributed by atoms with E-state index in [2.05, 4.69) is 0 Å². The molecule has 3 aliphatic rings. The standard InChI is InChI=1S/C22H36O19/c1-35-18(17(32)19(33)34)13(28)7(2-23)39-21-15(30)11(26)9(4-37-21)41-22-16(31)12(27)8(5-38-22)40-20-14(29)10(25)6(24)3-36-20/h2,6-18,20-22,24-32H,3-5H2,1H3,(H,33,34)/t6-,7+,8-,9-,10+,11+,12+,13-,14-,15-,16-,17+,18+,20+,21+,22+/m1/s1. The Kier molecular flexibility index (Phi) is 12.3. The highest BCUT2D eigenvalue weighted by Gasteiger charge is 2.49. The Morgan fingerprint density at radius 2 is 1.22 bits per heavy atom. The van der Waals surface area contributed by atoms with Gasteiger partial charge >= 0.3 is 5.97 Å². The van der Waals surface area contributed by atoms with Gasteiger partial charge in [-0.25, -0.2) is 4.79 Å². The number of hydrogen-bond acceptors (Lipinski definition) is 18. The predicted molar refractivity (Wildman–Crippen MR) is 122 cm³/mol. The number of hydrogen-bond donors (Lipinski definition) is 10. The second-order valence-corrected chi connectivity index (χ2v) is 9.68. The van der Waals surface area contributed by atoms with Crippen molar-refractivity contribution in [2.75, 3.05) is 26.9 Å². The van der Waals surface area contributed by atoms with Crippen molar-refractivity contribution in [1.29, 1.82) is 0 Å². The molecule has 0 aromatic heterocycles. The molecule has 3 rings (SSSR count). The number of carbonyl (C=O) groups is 2. The smallest absolute Gasteiger partial charge is 0.335 e. The molecule has 0 aliphatic carbocycles. The maximum absolute atomic E-state index is 11.5. The van der Waals surface area contributed by atoms with Crippen LogP contribution in [0.15, 0.2) is 0 Å². The van der Waals surface area contributed by atoms with E-state index in [1.807, 2.05) is 0 Å². The lowest BCUT2D eigenvalue weighted by molar-refractivity contribution is -0.350. The Hall–Kier alpha value is -1.50. The zero-order valence-corrected chi connectivity index (χ0v) is 21.6. The Balaban J connectivity index is 1.54. The molecular weight excluding hydrogens is 568 g/mol. The van der Waals surface area contributed by atoms with Gasteiger partial charge in [0.25, 0.3) is 0 Å². The van der Waals surface area contributed by atoms with Gasteiger partial charge in [-0.05, 0) is 0 Å². The second kappa shape index (κ2) is 14.8. The van der Waals surface area contributed by atoms with Crippen LogP contribution in [0.1, 0.15) is 0 Å². The van der Waals surface area contributed by atoms with E-state index >= 15 is 0 Å². The first-order valence-electron chi connectivity index (χ1n) is 12.5. The number of methoxy groups -OCH3 is 1. The number of aliphatic hydroxyl groups is 9. The minimum atomic E-state index is -2.23. The molecule has 238 valence electrons. The number of carboxylic acids is 1. The highest BCUT2D eigenvalue weighted by molar-refractivity contribution is 5.73. The highest BCUT2D eigenvalue weighted by atomic mass is 16.7. The maximum atomic E-state index is 11.5. The molecule has 0 unspecified atom stereocenters. The first kappa shape index (κ1) is 34.0. The SMILES string of the molecule is CO[C@@H]([C@H](O)[C@H](C=O)O[C@@H]1OC[C@@H](O[C@@H]2OC[C@@H](O[C@@H]3OC[C@@H](O)[C@H](O)[C@H]3O)[C@H](O)[C@H]2O)[C@H](O)[C@H]1O)[C@H](O)C(=O)O. The molecule has 0 aromatic rings. The molecular formula is C22H36O19. The molecule has 0 saturated carbocycles. The van der Waals surface area contributed by atoms with Crippen LogP contribution in [0, 0.1) is 0 Å². The van der Waals surface area contributed by atoms with Gasteiger partial charge in [-0.15, -0.1) is 0 Å². The molecule has 3 fully saturated rings. The summed E-state index contributed by atoms with van der Waals surface area (Å²) in [5.74, 6) is -1.75. The highest BCUT2D eigenvalue weighted by Crippen LogP contribution is 2.28. The monoisotopic (exact) mass is 604 g/mol. The second-order valence-electron chi connectivity index (χ2n) is 9.68. The fraction of sp³-hybridized carbons (Fsp3) is 0.909. The third-order valence-corrected chi connectivity index (χ3v) is 6.88. The summed E-state index contributed by atoms with van der Waals surface area (Å²) in [4.78, 5) is 22.5. The molecule has 10 N–H and O–H groups in total. The van der Waals surface area contributed by atoms with Crippen LogP contribution < -0.4 is 0 Å². The average Bonchev–Trinajstić information content (AvgIpc) is 2.94. The number of rotatable bonds is 12. The van der Waals surface area contributed by atoms with E-state index in [-0.39, 0.29) is 12.9 Å². The number of ether oxygens (including phenoxy) is 7. The van der Waals surface area contributed by atoms with Crippen molar-refractivity contribution in [3.63, 3.8) is 0 Å². The molecule has 0 radical (unpaired) electrons. The topological polar surface area (TPSA) is 301 Å². The van der Waals surface area contributed by atoms with E-state index in [0.717, 1.165) is 7.11 Å². The average molecular weight is 605 g/mol. The Labute approximate surface area is 231 Å². The number of carboxylic acid groups (broad SMARTS) is 1. The van der Waals surface area contributed by atoms with Crippen molar-refractivity contribution < 1.29 is 93.8 Å². The van der Waals surface area contributed by atoms with Crippen molar-refractivity contribution in [3.05, 3.63) is 0 Å². The summed E-state index contributed by atoms with van der Waals surface area (Å²) in [6.45, 7) is -1.31. The van der Waals surface area contributed by atoms with Gasteiger partial charge in [0.15, 0.2) is 31.3 Å². The molecule has 0 amide bonds. The largest absolute Gasteiger partial charge is 0.479 e. The Morgan fingerprint density at radius 3 is 1.71 bits per heavy atom. The molecule has 0 spiro atoms. The quantitative estimate of drug-likeness (QED) is 0.0925. The fourth-order valence-corrected chi connectivity index (χ4v) is 4.39. The molecule has 19 heteroatoms. The predicted octanol–water partition coefficient (Wildman–Crippen LogP) is -7.24. The van der Waals surface area contributed by atoms with Gasteiger partial charge < -0.3 is 89.0 Å².